The summed E-state index contributed by atoms with van der Waals surface area (Å²) in [5, 5.41) is 0. The fraction of sp³-hybridized carbons (Fsp3) is 0.717. The lowest BCUT2D eigenvalue weighted by molar-refractivity contribution is -0.870. The average Bonchev–Trinajstić information content (AvgIpc) is 0.916. The number of unbranched alkanes of at least 4 members (excludes halogenated alkanes) is 40. The summed E-state index contributed by atoms with van der Waals surface area (Å²) >= 11 is 0. The third-order valence-electron chi connectivity index (χ3n) is 18.4. The second-order valence-electron chi connectivity index (χ2n) is 29.5. The molecule has 0 heterocycles. The number of carbonyl (C=O) groups is 2. The summed E-state index contributed by atoms with van der Waals surface area (Å²) in [5.41, 5.74) is 0. The van der Waals surface area contributed by atoms with Crippen LogP contribution >= 0.6 is 7.82 Å². The van der Waals surface area contributed by atoms with Crippen LogP contribution in [0.2, 0.25) is 0 Å². The number of phosphoric ester groups is 1. The van der Waals surface area contributed by atoms with Crippen molar-refractivity contribution in [1.29, 1.82) is 0 Å². The molecular formula is C92H161NO8P+. The molecule has 0 spiro atoms. The third-order valence-corrected chi connectivity index (χ3v) is 19.3. The molecule has 1 N–H and O–H groups in total. The van der Waals surface area contributed by atoms with Gasteiger partial charge >= 0.3 is 19.8 Å². The van der Waals surface area contributed by atoms with E-state index in [9.17, 15) is 19.0 Å². The standard InChI is InChI=1S/C92H160NO8P/c1-6-8-10-12-14-16-18-20-22-24-26-28-30-32-34-36-38-40-42-44-45-46-47-49-51-53-55-57-59-61-63-65-67-69-71-73-75-77-79-81-83-85-92(95)101-90(89-100-102(96,97)99-87-86-93(3,4)5)88-98-91(94)84-82-80-78-76-74-72-70-68-66-64-62-60-58-56-54-52-50-48-43-41-39-37-35-33-31-29-27-25-23-21-19-17-15-13-11-9-7-2/h8-11,14-17,20-23,26-29,32-35,38-41,90H,6-7,12-13,18-19,24-25,30-31,36-37,42-89H2,1-5H3/p+1/b10-8-,11-9-,16-14-,17-15-,22-20-,23-21-,28-26-,29-27-,34-32-,35-33-,40-38-,41-39-. The predicted octanol–water partition coefficient (Wildman–Crippen LogP) is 28.8. The van der Waals surface area contributed by atoms with Crippen molar-refractivity contribution in [3.8, 4) is 0 Å². The second kappa shape index (κ2) is 81.0. The smallest absolute Gasteiger partial charge is 0.462 e. The van der Waals surface area contributed by atoms with Gasteiger partial charge in [-0.1, -0.05) is 391 Å². The fourth-order valence-corrected chi connectivity index (χ4v) is 12.7. The summed E-state index contributed by atoms with van der Waals surface area (Å²) in [6.07, 6.45) is 120. The maximum absolute atomic E-state index is 12.9. The van der Waals surface area contributed by atoms with E-state index in [-0.39, 0.29) is 32.0 Å². The number of hydrogen-bond donors (Lipinski definition) is 1. The van der Waals surface area contributed by atoms with Gasteiger partial charge in [-0.05, 0) is 116 Å². The summed E-state index contributed by atoms with van der Waals surface area (Å²) in [6.45, 7) is 4.25. The van der Waals surface area contributed by atoms with Gasteiger partial charge in [0.1, 0.15) is 19.8 Å². The van der Waals surface area contributed by atoms with E-state index in [2.05, 4.69) is 160 Å². The van der Waals surface area contributed by atoms with Crippen LogP contribution < -0.4 is 0 Å². The molecule has 0 radical (unpaired) electrons. The quantitative estimate of drug-likeness (QED) is 0.0211. The molecule has 0 saturated heterocycles. The van der Waals surface area contributed by atoms with E-state index >= 15 is 0 Å². The van der Waals surface area contributed by atoms with Gasteiger partial charge in [0.2, 0.25) is 0 Å². The summed E-state index contributed by atoms with van der Waals surface area (Å²) in [4.78, 5) is 36.0. The van der Waals surface area contributed by atoms with Crippen LogP contribution in [0.5, 0.6) is 0 Å². The molecule has 0 aliphatic heterocycles. The van der Waals surface area contributed by atoms with Crippen molar-refractivity contribution < 1.29 is 42.1 Å². The Hall–Kier alpha value is -4.11. The molecular weight excluding hydrogens is 1280 g/mol. The zero-order chi connectivity index (χ0) is 74.0. The van der Waals surface area contributed by atoms with Gasteiger partial charge in [0.25, 0.3) is 0 Å². The molecule has 0 aromatic rings. The Morgan fingerprint density at radius 3 is 0.784 bits per heavy atom. The van der Waals surface area contributed by atoms with E-state index in [1.807, 2.05) is 21.1 Å². The molecule has 0 aliphatic carbocycles. The molecule has 586 valence electrons. The van der Waals surface area contributed by atoms with Crippen molar-refractivity contribution in [3.63, 3.8) is 0 Å². The first-order valence-electron chi connectivity index (χ1n) is 42.6. The fourth-order valence-electron chi connectivity index (χ4n) is 12.0. The van der Waals surface area contributed by atoms with E-state index in [4.69, 9.17) is 18.5 Å². The lowest BCUT2D eigenvalue weighted by atomic mass is 10.0. The number of phosphoric acid groups is 1. The Kier molecular flexibility index (Phi) is 77.7. The van der Waals surface area contributed by atoms with Crippen molar-refractivity contribution in [2.75, 3.05) is 47.5 Å². The largest absolute Gasteiger partial charge is 0.472 e. The van der Waals surface area contributed by atoms with Crippen LogP contribution in [0.3, 0.4) is 0 Å². The topological polar surface area (TPSA) is 108 Å². The minimum atomic E-state index is -4.40. The Bertz CT molecular complexity index is 2240. The molecule has 102 heavy (non-hydrogen) atoms. The van der Waals surface area contributed by atoms with Crippen molar-refractivity contribution in [2.24, 2.45) is 0 Å². The van der Waals surface area contributed by atoms with Gasteiger partial charge in [0.05, 0.1) is 27.7 Å². The van der Waals surface area contributed by atoms with E-state index < -0.39 is 26.5 Å². The maximum atomic E-state index is 12.9. The summed E-state index contributed by atoms with van der Waals surface area (Å²) < 4.78 is 34.9. The highest BCUT2D eigenvalue weighted by molar-refractivity contribution is 7.47. The zero-order valence-corrected chi connectivity index (χ0v) is 68.0. The van der Waals surface area contributed by atoms with E-state index in [0.717, 1.165) is 109 Å². The zero-order valence-electron chi connectivity index (χ0n) is 67.1. The average molecular weight is 1440 g/mol. The molecule has 9 nitrogen and oxygen atoms in total. The maximum Gasteiger partial charge on any atom is 0.472 e. The van der Waals surface area contributed by atoms with Crippen LogP contribution in [-0.2, 0) is 32.7 Å². The van der Waals surface area contributed by atoms with Crippen molar-refractivity contribution in [3.05, 3.63) is 146 Å². The minimum absolute atomic E-state index is 0.0299. The van der Waals surface area contributed by atoms with Gasteiger partial charge in [-0.25, -0.2) is 4.57 Å². The Morgan fingerprint density at radius 1 is 0.304 bits per heavy atom. The van der Waals surface area contributed by atoms with Gasteiger partial charge < -0.3 is 18.9 Å². The van der Waals surface area contributed by atoms with E-state index in [1.165, 1.54) is 231 Å². The van der Waals surface area contributed by atoms with Crippen LogP contribution in [0.4, 0.5) is 0 Å². The highest BCUT2D eigenvalue weighted by atomic mass is 31.2. The summed E-state index contributed by atoms with van der Waals surface area (Å²) in [6, 6.07) is 0. The molecule has 0 fully saturated rings. The molecule has 2 unspecified atom stereocenters. The SMILES string of the molecule is CC/C=C\C/C=C\C/C=C\C/C=C\C/C=C\C/C=C\CCCCCCCCCCCCCCCCCCCCCCCCC(=O)OC(COC(=O)CCCCCCCCCCCCCCCCCCCC/C=C\C/C=C\C/C=C\C/C=C\C/C=C\C/C=C\CC)COP(=O)(O)OCC[N+](C)(C)C. The lowest BCUT2D eigenvalue weighted by Gasteiger charge is -2.24. The molecule has 0 amide bonds. The molecule has 10 heteroatoms. The lowest BCUT2D eigenvalue weighted by Crippen LogP contribution is -2.37. The van der Waals surface area contributed by atoms with Crippen molar-refractivity contribution in [1.82, 2.24) is 0 Å². The molecule has 0 rings (SSSR count). The second-order valence-corrected chi connectivity index (χ2v) is 30.9. The normalized spacial score (nSPS) is 13.7. The van der Waals surface area contributed by atoms with Crippen LogP contribution in [0.1, 0.15) is 373 Å². The number of quaternary nitrogens is 1. The molecule has 0 aromatic heterocycles. The number of nitrogens with zero attached hydrogens (tertiary/aromatic N) is 1. The monoisotopic (exact) mass is 1440 g/mol. The molecule has 0 aromatic carbocycles. The van der Waals surface area contributed by atoms with Gasteiger partial charge in [0.15, 0.2) is 6.10 Å². The number of likely N-dealkylation sites (N-methyl/N-ethyl adjacent to an activating group) is 1. The molecule has 0 bridgehead atoms. The van der Waals surface area contributed by atoms with Crippen LogP contribution in [0.15, 0.2) is 146 Å². The first-order chi connectivity index (χ1) is 50.0. The van der Waals surface area contributed by atoms with E-state index in [1.54, 1.807) is 0 Å². The Labute approximate surface area is 631 Å². The Balaban J connectivity index is 3.92. The summed E-state index contributed by atoms with van der Waals surface area (Å²) in [7, 11) is 1.49. The minimum Gasteiger partial charge on any atom is -0.462 e. The molecule has 0 aliphatic rings. The van der Waals surface area contributed by atoms with Crippen molar-refractivity contribution >= 4 is 19.8 Å². The highest BCUT2D eigenvalue weighted by Gasteiger charge is 2.27. The van der Waals surface area contributed by atoms with Gasteiger partial charge in [-0.3, -0.25) is 18.6 Å². The summed E-state index contributed by atoms with van der Waals surface area (Å²) in [5.74, 6) is -0.783. The van der Waals surface area contributed by atoms with Gasteiger partial charge in [0, 0.05) is 12.8 Å². The number of hydrogen-bond acceptors (Lipinski definition) is 7. The number of rotatable bonds is 78. The molecule has 2 atom stereocenters. The highest BCUT2D eigenvalue weighted by Crippen LogP contribution is 2.43. The van der Waals surface area contributed by atoms with Gasteiger partial charge in [-0.2, -0.15) is 0 Å². The number of esters is 2. The van der Waals surface area contributed by atoms with Crippen LogP contribution in [0, 0.1) is 0 Å². The third kappa shape index (κ3) is 84.8. The first kappa shape index (κ1) is 97.9. The first-order valence-corrected chi connectivity index (χ1v) is 44.1. The van der Waals surface area contributed by atoms with Crippen LogP contribution in [0.25, 0.3) is 0 Å². The predicted molar refractivity (Wildman–Crippen MR) is 445 cm³/mol. The Morgan fingerprint density at radius 2 is 0.529 bits per heavy atom. The van der Waals surface area contributed by atoms with Crippen molar-refractivity contribution in [2.45, 2.75) is 380 Å². The number of allylic oxidation sites excluding steroid dienone is 24. The van der Waals surface area contributed by atoms with Crippen LogP contribution in [-0.4, -0.2) is 74.9 Å². The molecule has 0 saturated carbocycles. The van der Waals surface area contributed by atoms with Gasteiger partial charge in [-0.15, -0.1) is 0 Å². The number of carbonyl (C=O) groups excluding carboxylic acids is 2. The van der Waals surface area contributed by atoms with E-state index in [0.29, 0.717) is 17.4 Å². The number of ether oxygens (including phenoxy) is 2.